The van der Waals surface area contributed by atoms with Crippen LogP contribution in [0.3, 0.4) is 0 Å². The van der Waals surface area contributed by atoms with Gasteiger partial charge in [0.2, 0.25) is 0 Å². The molecule has 2 aromatic rings. The summed E-state index contributed by atoms with van der Waals surface area (Å²) in [4.78, 5) is 5.14. The van der Waals surface area contributed by atoms with Gasteiger partial charge in [-0.3, -0.25) is 0 Å². The third kappa shape index (κ3) is 3.35. The van der Waals surface area contributed by atoms with Gasteiger partial charge >= 0.3 is 0 Å². The molecule has 0 aliphatic heterocycles. The average Bonchev–Trinajstić information content (AvgIpc) is 2.44. The maximum atomic E-state index is 13.6. The van der Waals surface area contributed by atoms with Crippen LogP contribution >= 0.6 is 0 Å². The van der Waals surface area contributed by atoms with E-state index in [1.807, 2.05) is 32.0 Å². The highest BCUT2D eigenvalue weighted by atomic mass is 19.1. The molecule has 4 heteroatoms. The Morgan fingerprint density at radius 2 is 1.90 bits per heavy atom. The number of phenolic OH excluding ortho intramolecular Hbond substituents is 1. The highest BCUT2D eigenvalue weighted by Gasteiger charge is 2.10. The summed E-state index contributed by atoms with van der Waals surface area (Å²) < 4.78 is 13.6. The minimum atomic E-state index is -0.655. The highest BCUT2D eigenvalue weighted by molar-refractivity contribution is 5.83. The van der Waals surface area contributed by atoms with Gasteiger partial charge in [0.25, 0.3) is 0 Å². The van der Waals surface area contributed by atoms with Crippen LogP contribution in [0.1, 0.15) is 30.9 Å². The standard InChI is InChI=1S/C16H16FNO2/c1-11(2)12-8-13(16(19)15(17)9-12)10-18-20-14-6-4-3-5-7-14/h3-11,19H,1-2H3/b18-10+. The Hall–Kier alpha value is -2.36. The first-order chi connectivity index (χ1) is 9.58. The van der Waals surface area contributed by atoms with Crippen molar-refractivity contribution in [1.82, 2.24) is 0 Å². The lowest BCUT2D eigenvalue weighted by atomic mass is 10.0. The Kier molecular flexibility index (Phi) is 4.35. The normalized spacial score (nSPS) is 11.2. The Bertz CT molecular complexity index is 609. The van der Waals surface area contributed by atoms with Gasteiger partial charge in [-0.1, -0.05) is 37.2 Å². The van der Waals surface area contributed by atoms with Gasteiger partial charge in [0.05, 0.1) is 6.21 Å². The molecule has 0 saturated carbocycles. The third-order valence-electron chi connectivity index (χ3n) is 2.87. The van der Waals surface area contributed by atoms with Crippen LogP contribution in [0.4, 0.5) is 4.39 Å². The predicted octanol–water partition coefficient (Wildman–Crippen LogP) is 4.07. The van der Waals surface area contributed by atoms with E-state index in [4.69, 9.17) is 4.84 Å². The summed E-state index contributed by atoms with van der Waals surface area (Å²) >= 11 is 0. The molecule has 0 atom stereocenters. The van der Waals surface area contributed by atoms with E-state index in [9.17, 15) is 9.50 Å². The fraction of sp³-hybridized carbons (Fsp3) is 0.188. The number of oxime groups is 1. The zero-order valence-corrected chi connectivity index (χ0v) is 11.4. The quantitative estimate of drug-likeness (QED) is 0.674. The fourth-order valence-corrected chi connectivity index (χ4v) is 1.70. The lowest BCUT2D eigenvalue weighted by Crippen LogP contribution is -1.95. The molecule has 0 aliphatic carbocycles. The molecule has 1 N–H and O–H groups in total. The number of para-hydroxylation sites is 1. The largest absolute Gasteiger partial charge is 0.504 e. The van der Waals surface area contributed by atoms with Crippen LogP contribution in [0.15, 0.2) is 47.6 Å². The average molecular weight is 273 g/mol. The molecule has 0 radical (unpaired) electrons. The summed E-state index contributed by atoms with van der Waals surface area (Å²) in [5, 5.41) is 13.4. The molecule has 3 nitrogen and oxygen atoms in total. The van der Waals surface area contributed by atoms with Crippen LogP contribution in [-0.2, 0) is 0 Å². The number of rotatable bonds is 4. The molecule has 0 amide bonds. The highest BCUT2D eigenvalue weighted by Crippen LogP contribution is 2.25. The van der Waals surface area contributed by atoms with Crippen molar-refractivity contribution in [3.8, 4) is 11.5 Å². The van der Waals surface area contributed by atoms with Gasteiger partial charge in [0.15, 0.2) is 17.3 Å². The van der Waals surface area contributed by atoms with Gasteiger partial charge in [0.1, 0.15) is 0 Å². The van der Waals surface area contributed by atoms with Crippen LogP contribution in [0.2, 0.25) is 0 Å². The molecule has 0 unspecified atom stereocenters. The molecule has 0 bridgehead atoms. The molecule has 0 fully saturated rings. The summed E-state index contributed by atoms with van der Waals surface area (Å²) in [6, 6.07) is 12.0. The van der Waals surface area contributed by atoms with Crippen LogP contribution in [-0.4, -0.2) is 11.3 Å². The van der Waals surface area contributed by atoms with Crippen LogP contribution in [0.25, 0.3) is 0 Å². The molecule has 0 aliphatic rings. The molecule has 2 rings (SSSR count). The number of benzene rings is 2. The van der Waals surface area contributed by atoms with Crippen molar-refractivity contribution in [1.29, 1.82) is 0 Å². The van der Waals surface area contributed by atoms with Gasteiger partial charge in [-0.25, -0.2) is 4.39 Å². The SMILES string of the molecule is CC(C)c1cc(F)c(O)c(/C=N/Oc2ccccc2)c1. The van der Waals surface area contributed by atoms with E-state index in [-0.39, 0.29) is 5.92 Å². The van der Waals surface area contributed by atoms with E-state index in [2.05, 4.69) is 5.16 Å². The van der Waals surface area contributed by atoms with E-state index < -0.39 is 11.6 Å². The smallest absolute Gasteiger partial charge is 0.165 e. The summed E-state index contributed by atoms with van der Waals surface area (Å²) in [5.41, 5.74) is 1.09. The Morgan fingerprint density at radius 3 is 2.55 bits per heavy atom. The zero-order valence-electron chi connectivity index (χ0n) is 11.4. The Labute approximate surface area is 117 Å². The van der Waals surface area contributed by atoms with Gasteiger partial charge < -0.3 is 9.94 Å². The second kappa shape index (κ2) is 6.19. The zero-order chi connectivity index (χ0) is 14.5. The number of hydrogen-bond donors (Lipinski definition) is 1. The Balaban J connectivity index is 2.20. The van der Waals surface area contributed by atoms with Crippen molar-refractivity contribution in [2.45, 2.75) is 19.8 Å². The lowest BCUT2D eigenvalue weighted by Gasteiger charge is -2.08. The molecular formula is C16H16FNO2. The van der Waals surface area contributed by atoms with Gasteiger partial charge in [-0.15, -0.1) is 0 Å². The van der Waals surface area contributed by atoms with Crippen molar-refractivity contribution >= 4 is 6.21 Å². The summed E-state index contributed by atoms with van der Waals surface area (Å²) in [6.45, 7) is 3.90. The van der Waals surface area contributed by atoms with Crippen LogP contribution in [0.5, 0.6) is 11.5 Å². The molecule has 0 spiro atoms. The second-order valence-electron chi connectivity index (χ2n) is 4.73. The lowest BCUT2D eigenvalue weighted by molar-refractivity contribution is 0.343. The molecule has 0 saturated heterocycles. The van der Waals surface area contributed by atoms with E-state index in [0.29, 0.717) is 11.3 Å². The molecule has 20 heavy (non-hydrogen) atoms. The summed E-state index contributed by atoms with van der Waals surface area (Å²) in [6.07, 6.45) is 1.30. The number of phenols is 1. The van der Waals surface area contributed by atoms with Crippen molar-refractivity contribution < 1.29 is 14.3 Å². The minimum Gasteiger partial charge on any atom is -0.504 e. The van der Waals surface area contributed by atoms with Crippen molar-refractivity contribution in [2.24, 2.45) is 5.16 Å². The topological polar surface area (TPSA) is 41.8 Å². The minimum absolute atomic E-state index is 0.160. The Morgan fingerprint density at radius 1 is 1.20 bits per heavy atom. The summed E-state index contributed by atoms with van der Waals surface area (Å²) in [5.74, 6) is -0.344. The predicted molar refractivity (Wildman–Crippen MR) is 76.8 cm³/mol. The summed E-state index contributed by atoms with van der Waals surface area (Å²) in [7, 11) is 0. The van der Waals surface area contributed by atoms with E-state index in [1.54, 1.807) is 18.2 Å². The molecular weight excluding hydrogens is 257 g/mol. The maximum absolute atomic E-state index is 13.6. The van der Waals surface area contributed by atoms with Gasteiger partial charge in [-0.2, -0.15) is 0 Å². The van der Waals surface area contributed by atoms with Crippen LogP contribution in [0, 0.1) is 5.82 Å². The number of hydrogen-bond acceptors (Lipinski definition) is 3. The molecule has 2 aromatic carbocycles. The number of halogens is 1. The monoisotopic (exact) mass is 273 g/mol. The van der Waals surface area contributed by atoms with Gasteiger partial charge in [0, 0.05) is 5.56 Å². The third-order valence-corrected chi connectivity index (χ3v) is 2.87. The van der Waals surface area contributed by atoms with E-state index >= 15 is 0 Å². The maximum Gasteiger partial charge on any atom is 0.165 e. The molecule has 0 aromatic heterocycles. The molecule has 104 valence electrons. The second-order valence-corrected chi connectivity index (χ2v) is 4.73. The van der Waals surface area contributed by atoms with Crippen molar-refractivity contribution in [3.63, 3.8) is 0 Å². The first-order valence-electron chi connectivity index (χ1n) is 6.35. The first kappa shape index (κ1) is 14.1. The van der Waals surface area contributed by atoms with Gasteiger partial charge in [-0.05, 0) is 35.7 Å². The number of aromatic hydroxyl groups is 1. The fourth-order valence-electron chi connectivity index (χ4n) is 1.70. The van der Waals surface area contributed by atoms with Crippen LogP contribution < -0.4 is 4.84 Å². The van der Waals surface area contributed by atoms with E-state index in [1.165, 1.54) is 12.3 Å². The van der Waals surface area contributed by atoms with Crippen molar-refractivity contribution in [2.75, 3.05) is 0 Å². The molecule has 0 heterocycles. The van der Waals surface area contributed by atoms with Crippen molar-refractivity contribution in [3.05, 3.63) is 59.4 Å². The number of nitrogens with zero attached hydrogens (tertiary/aromatic N) is 1. The van der Waals surface area contributed by atoms with E-state index in [0.717, 1.165) is 5.56 Å². The first-order valence-corrected chi connectivity index (χ1v) is 6.35.